The van der Waals surface area contributed by atoms with Crippen LogP contribution in [0.5, 0.6) is 0 Å². The van der Waals surface area contributed by atoms with Crippen LogP contribution in [0.3, 0.4) is 0 Å². The minimum atomic E-state index is -0.240. The van der Waals surface area contributed by atoms with Crippen molar-refractivity contribution >= 4 is 5.69 Å². The van der Waals surface area contributed by atoms with Crippen molar-refractivity contribution in [3.63, 3.8) is 0 Å². The summed E-state index contributed by atoms with van der Waals surface area (Å²) < 4.78 is 28.5. The Morgan fingerprint density at radius 1 is 1.05 bits per heavy atom. The molecule has 0 aliphatic rings. The van der Waals surface area contributed by atoms with Gasteiger partial charge >= 0.3 is 0 Å². The minimum Gasteiger partial charge on any atom is -0.385 e. The Kier molecular flexibility index (Phi) is 8.97. The molecule has 0 aromatic heterocycles. The van der Waals surface area contributed by atoms with E-state index in [1.54, 1.807) is 13.2 Å². The highest BCUT2D eigenvalue weighted by molar-refractivity contribution is 5.42. The minimum absolute atomic E-state index is 0.240. The molecule has 0 spiro atoms. The molecule has 0 amide bonds. The molecule has 0 radical (unpaired) electrons. The molecular formula is C14H22FNO3. The third-order valence-electron chi connectivity index (χ3n) is 2.41. The van der Waals surface area contributed by atoms with Crippen molar-refractivity contribution < 1.29 is 18.6 Å². The number of rotatable bonds is 11. The first-order valence-corrected chi connectivity index (χ1v) is 6.47. The van der Waals surface area contributed by atoms with Gasteiger partial charge in [-0.1, -0.05) is 6.07 Å². The van der Waals surface area contributed by atoms with Gasteiger partial charge in [0.1, 0.15) is 5.82 Å². The van der Waals surface area contributed by atoms with Crippen LogP contribution in [-0.2, 0) is 14.2 Å². The van der Waals surface area contributed by atoms with Crippen LogP contribution in [0.15, 0.2) is 24.3 Å². The van der Waals surface area contributed by atoms with Crippen molar-refractivity contribution in [2.75, 3.05) is 52.0 Å². The normalized spacial score (nSPS) is 10.6. The summed E-state index contributed by atoms with van der Waals surface area (Å²) in [5.74, 6) is -0.240. The number of hydrogen-bond acceptors (Lipinski definition) is 4. The first-order chi connectivity index (χ1) is 9.33. The van der Waals surface area contributed by atoms with E-state index in [0.717, 1.165) is 18.7 Å². The number of methoxy groups -OCH3 is 1. The van der Waals surface area contributed by atoms with Crippen molar-refractivity contribution in [3.8, 4) is 0 Å². The Morgan fingerprint density at radius 3 is 2.58 bits per heavy atom. The van der Waals surface area contributed by atoms with Gasteiger partial charge in [0.15, 0.2) is 0 Å². The van der Waals surface area contributed by atoms with Gasteiger partial charge in [0, 0.05) is 32.6 Å². The molecule has 1 N–H and O–H groups in total. The number of benzene rings is 1. The predicted molar refractivity (Wildman–Crippen MR) is 73.0 cm³/mol. The van der Waals surface area contributed by atoms with Crippen molar-refractivity contribution in [2.45, 2.75) is 6.42 Å². The van der Waals surface area contributed by atoms with Gasteiger partial charge in [0.05, 0.1) is 19.8 Å². The molecule has 1 rings (SSSR count). The van der Waals surface area contributed by atoms with Crippen molar-refractivity contribution in [3.05, 3.63) is 30.1 Å². The van der Waals surface area contributed by atoms with Gasteiger partial charge in [-0.05, 0) is 24.6 Å². The Bertz CT molecular complexity index is 336. The molecule has 4 nitrogen and oxygen atoms in total. The monoisotopic (exact) mass is 271 g/mol. The highest BCUT2D eigenvalue weighted by Crippen LogP contribution is 2.08. The van der Waals surface area contributed by atoms with Gasteiger partial charge < -0.3 is 19.5 Å². The highest BCUT2D eigenvalue weighted by atomic mass is 19.1. The first kappa shape index (κ1) is 15.9. The van der Waals surface area contributed by atoms with Crippen molar-refractivity contribution in [1.82, 2.24) is 0 Å². The molecule has 0 fully saturated rings. The van der Waals surface area contributed by atoms with E-state index in [-0.39, 0.29) is 5.82 Å². The molecule has 1 aromatic rings. The number of hydrogen-bond donors (Lipinski definition) is 1. The van der Waals surface area contributed by atoms with Crippen LogP contribution in [0.1, 0.15) is 6.42 Å². The Labute approximate surface area is 113 Å². The fourth-order valence-corrected chi connectivity index (χ4v) is 1.49. The van der Waals surface area contributed by atoms with E-state index >= 15 is 0 Å². The number of ether oxygens (including phenoxy) is 3. The van der Waals surface area contributed by atoms with E-state index in [1.165, 1.54) is 12.1 Å². The molecule has 0 aliphatic heterocycles. The zero-order chi connectivity index (χ0) is 13.8. The summed E-state index contributed by atoms with van der Waals surface area (Å²) in [6.07, 6.45) is 0.900. The third-order valence-corrected chi connectivity index (χ3v) is 2.41. The van der Waals surface area contributed by atoms with Crippen LogP contribution in [0.25, 0.3) is 0 Å². The lowest BCUT2D eigenvalue weighted by atomic mass is 10.3. The summed E-state index contributed by atoms with van der Waals surface area (Å²) in [7, 11) is 1.68. The third kappa shape index (κ3) is 8.53. The van der Waals surface area contributed by atoms with Gasteiger partial charge in [-0.2, -0.15) is 0 Å². The summed E-state index contributed by atoms with van der Waals surface area (Å²) >= 11 is 0. The molecule has 0 saturated carbocycles. The van der Waals surface area contributed by atoms with E-state index in [1.807, 2.05) is 6.07 Å². The fourth-order valence-electron chi connectivity index (χ4n) is 1.49. The lowest BCUT2D eigenvalue weighted by molar-refractivity contribution is 0.0431. The van der Waals surface area contributed by atoms with E-state index in [0.29, 0.717) is 33.0 Å². The summed E-state index contributed by atoms with van der Waals surface area (Å²) in [5.41, 5.74) is 0.763. The lowest BCUT2D eigenvalue weighted by Gasteiger charge is -2.08. The van der Waals surface area contributed by atoms with Crippen LogP contribution in [-0.4, -0.2) is 46.7 Å². The van der Waals surface area contributed by atoms with Gasteiger partial charge in [-0.25, -0.2) is 4.39 Å². The second-order valence-corrected chi connectivity index (χ2v) is 4.01. The summed E-state index contributed by atoms with van der Waals surface area (Å²) in [6.45, 7) is 3.78. The van der Waals surface area contributed by atoms with Crippen LogP contribution in [0, 0.1) is 5.82 Å². The molecule has 108 valence electrons. The second-order valence-electron chi connectivity index (χ2n) is 4.01. The molecule has 5 heteroatoms. The van der Waals surface area contributed by atoms with Crippen LogP contribution in [0.2, 0.25) is 0 Å². The average molecular weight is 271 g/mol. The quantitative estimate of drug-likeness (QED) is 0.627. The zero-order valence-corrected chi connectivity index (χ0v) is 11.4. The number of halogens is 1. The second kappa shape index (κ2) is 10.7. The summed E-state index contributed by atoms with van der Waals surface area (Å²) in [4.78, 5) is 0. The molecule has 0 bridgehead atoms. The molecule has 0 atom stereocenters. The summed E-state index contributed by atoms with van der Waals surface area (Å²) in [5, 5.41) is 3.08. The topological polar surface area (TPSA) is 39.7 Å². The predicted octanol–water partition coefficient (Wildman–Crippen LogP) is 2.31. The van der Waals surface area contributed by atoms with Gasteiger partial charge in [0.2, 0.25) is 0 Å². The average Bonchev–Trinajstić information content (AvgIpc) is 2.41. The summed E-state index contributed by atoms with van der Waals surface area (Å²) in [6, 6.07) is 6.37. The Balaban J connectivity index is 1.89. The van der Waals surface area contributed by atoms with Crippen LogP contribution < -0.4 is 5.32 Å². The van der Waals surface area contributed by atoms with Crippen molar-refractivity contribution in [1.29, 1.82) is 0 Å². The Hall–Kier alpha value is -1.17. The first-order valence-electron chi connectivity index (χ1n) is 6.47. The van der Waals surface area contributed by atoms with Crippen molar-refractivity contribution in [2.24, 2.45) is 0 Å². The highest BCUT2D eigenvalue weighted by Gasteiger charge is 1.94. The number of anilines is 1. The van der Waals surface area contributed by atoms with Crippen LogP contribution >= 0.6 is 0 Å². The molecule has 0 aliphatic carbocycles. The molecule has 0 heterocycles. The van der Waals surface area contributed by atoms with E-state index < -0.39 is 0 Å². The van der Waals surface area contributed by atoms with Gasteiger partial charge in [0.25, 0.3) is 0 Å². The maximum atomic E-state index is 12.9. The van der Waals surface area contributed by atoms with E-state index in [2.05, 4.69) is 5.32 Å². The molecule has 1 aromatic carbocycles. The van der Waals surface area contributed by atoms with E-state index in [9.17, 15) is 4.39 Å². The lowest BCUT2D eigenvalue weighted by Crippen LogP contribution is -2.13. The SMILES string of the molecule is COCCCOCCOCCNc1cccc(F)c1. The maximum Gasteiger partial charge on any atom is 0.125 e. The Morgan fingerprint density at radius 2 is 1.84 bits per heavy atom. The maximum absolute atomic E-state index is 12.9. The number of nitrogens with one attached hydrogen (secondary N) is 1. The zero-order valence-electron chi connectivity index (χ0n) is 11.4. The van der Waals surface area contributed by atoms with Crippen LogP contribution in [0.4, 0.5) is 10.1 Å². The largest absolute Gasteiger partial charge is 0.385 e. The molecule has 0 saturated heterocycles. The molecular weight excluding hydrogens is 249 g/mol. The smallest absolute Gasteiger partial charge is 0.125 e. The fraction of sp³-hybridized carbons (Fsp3) is 0.571. The molecule has 0 unspecified atom stereocenters. The standard InChI is InChI=1S/C14H22FNO3/c1-17-7-3-8-18-10-11-19-9-6-16-14-5-2-4-13(15)12-14/h2,4-5,12,16H,3,6-11H2,1H3. The van der Waals surface area contributed by atoms with E-state index in [4.69, 9.17) is 14.2 Å². The van der Waals surface area contributed by atoms with Gasteiger partial charge in [-0.3, -0.25) is 0 Å². The molecule has 19 heavy (non-hydrogen) atoms. The van der Waals surface area contributed by atoms with Gasteiger partial charge in [-0.15, -0.1) is 0 Å².